The Morgan fingerprint density at radius 1 is 1.29 bits per heavy atom. The van der Waals surface area contributed by atoms with Crippen LogP contribution in [0.15, 0.2) is 47.1 Å². The molecule has 1 amide bonds. The quantitative estimate of drug-likeness (QED) is 0.836. The van der Waals surface area contributed by atoms with E-state index in [9.17, 15) is 4.79 Å². The van der Waals surface area contributed by atoms with E-state index >= 15 is 0 Å². The zero-order valence-electron chi connectivity index (χ0n) is 8.85. The summed E-state index contributed by atoms with van der Waals surface area (Å²) in [5, 5.41) is 2.67. The first kappa shape index (κ1) is 11.6. The van der Waals surface area contributed by atoms with Crippen molar-refractivity contribution in [3.05, 3.63) is 52.6 Å². The van der Waals surface area contributed by atoms with Crippen molar-refractivity contribution >= 4 is 33.3 Å². The average molecular weight is 292 g/mol. The summed E-state index contributed by atoms with van der Waals surface area (Å²) in [4.78, 5) is 15.9. The van der Waals surface area contributed by atoms with Gasteiger partial charge in [0, 0.05) is 16.4 Å². The molecule has 0 unspecified atom stereocenters. The Kier molecular flexibility index (Phi) is 3.39. The Hall–Kier alpha value is -1.88. The number of nitrogens with two attached hydrogens (primary N) is 1. The van der Waals surface area contributed by atoms with E-state index in [1.165, 1.54) is 0 Å². The number of hydrogen-bond donors (Lipinski definition) is 2. The van der Waals surface area contributed by atoms with E-state index in [1.54, 1.807) is 42.6 Å². The van der Waals surface area contributed by atoms with E-state index in [0.717, 1.165) is 4.47 Å². The molecule has 0 aliphatic heterocycles. The predicted molar refractivity (Wildman–Crippen MR) is 70.7 cm³/mol. The van der Waals surface area contributed by atoms with Crippen LogP contribution in [-0.4, -0.2) is 10.9 Å². The molecular formula is C12H10BrN3O. The Morgan fingerprint density at radius 3 is 2.76 bits per heavy atom. The maximum absolute atomic E-state index is 11.9. The average Bonchev–Trinajstić information content (AvgIpc) is 2.30. The van der Waals surface area contributed by atoms with Gasteiger partial charge in [0.05, 0.1) is 5.56 Å². The summed E-state index contributed by atoms with van der Waals surface area (Å²) in [5.74, 6) is 0.230. The summed E-state index contributed by atoms with van der Waals surface area (Å²) in [5.41, 5.74) is 6.62. The third-order valence-electron chi connectivity index (χ3n) is 2.16. The third kappa shape index (κ3) is 2.82. The first-order valence-corrected chi connectivity index (χ1v) is 5.73. The van der Waals surface area contributed by atoms with Gasteiger partial charge < -0.3 is 11.1 Å². The lowest BCUT2D eigenvalue weighted by Gasteiger charge is -2.06. The Labute approximate surface area is 107 Å². The fourth-order valence-corrected chi connectivity index (χ4v) is 1.74. The SMILES string of the molecule is Nc1cc(Br)ccc1C(=O)Nc1ccccn1. The van der Waals surface area contributed by atoms with Gasteiger partial charge in [0.15, 0.2) is 0 Å². The number of carbonyl (C=O) groups is 1. The van der Waals surface area contributed by atoms with Crippen LogP contribution in [-0.2, 0) is 0 Å². The minimum atomic E-state index is -0.270. The molecule has 5 heteroatoms. The second-order valence-corrected chi connectivity index (χ2v) is 4.32. The van der Waals surface area contributed by atoms with Crippen LogP contribution >= 0.6 is 15.9 Å². The number of nitrogen functional groups attached to an aromatic ring is 1. The summed E-state index contributed by atoms with van der Waals surface area (Å²) < 4.78 is 0.837. The molecule has 0 bridgehead atoms. The van der Waals surface area contributed by atoms with Crippen LogP contribution in [0.2, 0.25) is 0 Å². The minimum absolute atomic E-state index is 0.270. The third-order valence-corrected chi connectivity index (χ3v) is 2.66. The smallest absolute Gasteiger partial charge is 0.258 e. The van der Waals surface area contributed by atoms with Gasteiger partial charge in [-0.1, -0.05) is 22.0 Å². The Morgan fingerprint density at radius 2 is 2.12 bits per heavy atom. The van der Waals surface area contributed by atoms with Crippen molar-refractivity contribution < 1.29 is 4.79 Å². The highest BCUT2D eigenvalue weighted by Crippen LogP contribution is 2.19. The topological polar surface area (TPSA) is 68.0 Å². The van der Waals surface area contributed by atoms with Gasteiger partial charge in [-0.2, -0.15) is 0 Å². The molecule has 0 saturated carbocycles. The molecule has 0 atom stereocenters. The van der Waals surface area contributed by atoms with Crippen LogP contribution in [0.1, 0.15) is 10.4 Å². The number of nitrogens with zero attached hydrogens (tertiary/aromatic N) is 1. The molecule has 2 rings (SSSR count). The molecule has 3 N–H and O–H groups in total. The van der Waals surface area contributed by atoms with E-state index in [2.05, 4.69) is 26.2 Å². The van der Waals surface area contributed by atoms with Crippen LogP contribution in [0.25, 0.3) is 0 Å². The molecule has 0 fully saturated rings. The highest BCUT2D eigenvalue weighted by Gasteiger charge is 2.10. The van der Waals surface area contributed by atoms with E-state index < -0.39 is 0 Å². The Balaban J connectivity index is 2.21. The summed E-state index contributed by atoms with van der Waals surface area (Å²) in [6.07, 6.45) is 1.61. The number of benzene rings is 1. The normalized spacial score (nSPS) is 9.94. The van der Waals surface area contributed by atoms with E-state index in [1.807, 2.05) is 0 Å². The molecule has 0 aliphatic rings. The van der Waals surface area contributed by atoms with Crippen LogP contribution in [0.5, 0.6) is 0 Å². The molecule has 1 aromatic carbocycles. The fourth-order valence-electron chi connectivity index (χ4n) is 1.36. The molecule has 0 saturated heterocycles. The number of amides is 1. The van der Waals surface area contributed by atoms with Gasteiger partial charge in [0.1, 0.15) is 5.82 Å². The molecule has 0 radical (unpaired) electrons. The van der Waals surface area contributed by atoms with E-state index in [-0.39, 0.29) is 5.91 Å². The predicted octanol–water partition coefficient (Wildman–Crippen LogP) is 2.68. The number of nitrogens with one attached hydrogen (secondary N) is 1. The van der Waals surface area contributed by atoms with Gasteiger partial charge in [-0.05, 0) is 30.3 Å². The highest BCUT2D eigenvalue weighted by molar-refractivity contribution is 9.10. The largest absolute Gasteiger partial charge is 0.398 e. The van der Waals surface area contributed by atoms with Crippen molar-refractivity contribution in [2.24, 2.45) is 0 Å². The number of halogens is 1. The van der Waals surface area contributed by atoms with Crippen molar-refractivity contribution in [2.75, 3.05) is 11.1 Å². The van der Waals surface area contributed by atoms with Gasteiger partial charge in [0.2, 0.25) is 0 Å². The van der Waals surface area contributed by atoms with Gasteiger partial charge >= 0.3 is 0 Å². The van der Waals surface area contributed by atoms with Gasteiger partial charge in [0.25, 0.3) is 5.91 Å². The molecule has 4 nitrogen and oxygen atoms in total. The molecule has 1 aromatic heterocycles. The van der Waals surface area contributed by atoms with Crippen LogP contribution < -0.4 is 11.1 Å². The second-order valence-electron chi connectivity index (χ2n) is 3.40. The van der Waals surface area contributed by atoms with Gasteiger partial charge in [-0.15, -0.1) is 0 Å². The van der Waals surface area contributed by atoms with Crippen LogP contribution in [0.4, 0.5) is 11.5 Å². The summed E-state index contributed by atoms with van der Waals surface area (Å²) in [6, 6.07) is 10.4. The molecule has 1 heterocycles. The monoisotopic (exact) mass is 291 g/mol. The van der Waals surface area contributed by atoms with Crippen molar-refractivity contribution in [1.82, 2.24) is 4.98 Å². The molecular weight excluding hydrogens is 282 g/mol. The molecule has 0 aliphatic carbocycles. The number of rotatable bonds is 2. The van der Waals surface area contributed by atoms with Crippen molar-refractivity contribution in [3.8, 4) is 0 Å². The zero-order chi connectivity index (χ0) is 12.3. The van der Waals surface area contributed by atoms with Crippen molar-refractivity contribution in [2.45, 2.75) is 0 Å². The van der Waals surface area contributed by atoms with Crippen molar-refractivity contribution in [1.29, 1.82) is 0 Å². The second kappa shape index (κ2) is 4.97. The maximum atomic E-state index is 11.9. The lowest BCUT2D eigenvalue weighted by Crippen LogP contribution is -2.14. The number of hydrogen-bond acceptors (Lipinski definition) is 3. The van der Waals surface area contributed by atoms with E-state index in [0.29, 0.717) is 17.1 Å². The first-order valence-electron chi connectivity index (χ1n) is 4.94. The number of aromatic nitrogens is 1. The van der Waals surface area contributed by atoms with Gasteiger partial charge in [-0.25, -0.2) is 4.98 Å². The summed E-state index contributed by atoms with van der Waals surface area (Å²) in [7, 11) is 0. The molecule has 0 spiro atoms. The maximum Gasteiger partial charge on any atom is 0.258 e. The highest BCUT2D eigenvalue weighted by atomic mass is 79.9. The lowest BCUT2D eigenvalue weighted by molar-refractivity contribution is 0.102. The van der Waals surface area contributed by atoms with Crippen LogP contribution in [0, 0.1) is 0 Å². The minimum Gasteiger partial charge on any atom is -0.398 e. The number of carbonyl (C=O) groups excluding carboxylic acids is 1. The van der Waals surface area contributed by atoms with E-state index in [4.69, 9.17) is 5.73 Å². The number of pyridine rings is 1. The molecule has 2 aromatic rings. The number of anilines is 2. The first-order chi connectivity index (χ1) is 8.16. The Bertz CT molecular complexity index is 543. The molecule has 86 valence electrons. The standard InChI is InChI=1S/C12H10BrN3O/c13-8-4-5-9(10(14)7-8)12(17)16-11-3-1-2-6-15-11/h1-7H,14H2,(H,15,16,17). The fraction of sp³-hybridized carbons (Fsp3) is 0. The zero-order valence-corrected chi connectivity index (χ0v) is 10.4. The summed E-state index contributed by atoms with van der Waals surface area (Å²) in [6.45, 7) is 0. The molecule has 17 heavy (non-hydrogen) atoms. The lowest BCUT2D eigenvalue weighted by atomic mass is 10.1. The summed E-state index contributed by atoms with van der Waals surface area (Å²) >= 11 is 3.29. The van der Waals surface area contributed by atoms with Crippen LogP contribution in [0.3, 0.4) is 0 Å². The van der Waals surface area contributed by atoms with Crippen molar-refractivity contribution in [3.63, 3.8) is 0 Å². The van der Waals surface area contributed by atoms with Gasteiger partial charge in [-0.3, -0.25) is 4.79 Å².